The molecule has 2 radical (unpaired) electrons. The lowest BCUT2D eigenvalue weighted by Crippen LogP contribution is -2.31. The average molecular weight is 264 g/mol. The van der Waals surface area contributed by atoms with E-state index in [-0.39, 0.29) is 18.8 Å². The highest BCUT2D eigenvalue weighted by Crippen LogP contribution is 2.42. The van der Waals surface area contributed by atoms with E-state index in [1.165, 1.54) is 0 Å². The first-order chi connectivity index (χ1) is 7.84. The second-order valence-corrected chi connectivity index (χ2v) is 5.68. The van der Waals surface area contributed by atoms with Crippen molar-refractivity contribution in [3.05, 3.63) is 0 Å². The zero-order valence-electron chi connectivity index (χ0n) is 10.2. The minimum atomic E-state index is -3.98. The SMILES string of the molecule is [B][C@H]1CC(OC(C)C)[C@@H](COP(=O)(O)OC)O1. The topological polar surface area (TPSA) is 74.2 Å². The molecule has 0 spiro atoms. The summed E-state index contributed by atoms with van der Waals surface area (Å²) < 4.78 is 31.1. The average Bonchev–Trinajstić information content (AvgIpc) is 2.55. The maximum Gasteiger partial charge on any atom is 0.472 e. The molecular weight excluding hydrogens is 246 g/mol. The summed E-state index contributed by atoms with van der Waals surface area (Å²) in [5, 5.41) is 0. The zero-order valence-corrected chi connectivity index (χ0v) is 11.1. The molecule has 1 aliphatic heterocycles. The van der Waals surface area contributed by atoms with Crippen molar-refractivity contribution in [2.45, 2.75) is 44.6 Å². The highest BCUT2D eigenvalue weighted by molar-refractivity contribution is 7.47. The van der Waals surface area contributed by atoms with Crippen molar-refractivity contribution >= 4 is 15.7 Å². The van der Waals surface area contributed by atoms with Gasteiger partial charge in [0.05, 0.1) is 18.8 Å². The normalized spacial score (nSPS) is 32.9. The van der Waals surface area contributed by atoms with Crippen LogP contribution in [0.3, 0.4) is 0 Å². The summed E-state index contributed by atoms with van der Waals surface area (Å²) in [6.45, 7) is 3.70. The van der Waals surface area contributed by atoms with Crippen LogP contribution >= 0.6 is 7.82 Å². The third-order valence-electron chi connectivity index (χ3n) is 2.31. The van der Waals surface area contributed by atoms with E-state index in [9.17, 15) is 4.57 Å². The van der Waals surface area contributed by atoms with Crippen LogP contribution in [0.1, 0.15) is 20.3 Å². The molecule has 98 valence electrons. The predicted octanol–water partition coefficient (Wildman–Crippen LogP) is 0.827. The molecule has 0 aromatic rings. The molecule has 0 aromatic heterocycles. The molecule has 8 heteroatoms. The van der Waals surface area contributed by atoms with Gasteiger partial charge < -0.3 is 14.4 Å². The van der Waals surface area contributed by atoms with Gasteiger partial charge >= 0.3 is 7.82 Å². The van der Waals surface area contributed by atoms with E-state index >= 15 is 0 Å². The fourth-order valence-electron chi connectivity index (χ4n) is 1.61. The van der Waals surface area contributed by atoms with Crippen LogP contribution in [0.5, 0.6) is 0 Å². The molecule has 1 aliphatic rings. The molecule has 0 saturated carbocycles. The standard InChI is InChI=1S/C9H18BO6P/c1-6(2)15-7-4-9(10)16-8(7)5-14-17(11,12)13-3/h6-9H,4-5H2,1-3H3,(H,11,12)/t7?,8-,9-/m1/s1. The Labute approximate surface area is 103 Å². The Kier molecular flexibility index (Phi) is 5.63. The number of phosphoric acid groups is 1. The molecule has 1 heterocycles. The Morgan fingerprint density at radius 1 is 1.59 bits per heavy atom. The lowest BCUT2D eigenvalue weighted by atomic mass is 9.96. The molecule has 0 aromatic carbocycles. The number of ether oxygens (including phenoxy) is 2. The first-order valence-corrected chi connectivity index (χ1v) is 6.93. The summed E-state index contributed by atoms with van der Waals surface area (Å²) in [5.74, 6) is 0. The van der Waals surface area contributed by atoms with Gasteiger partial charge in [0.15, 0.2) is 0 Å². The van der Waals surface area contributed by atoms with E-state index < -0.39 is 19.9 Å². The minimum Gasteiger partial charge on any atom is -0.380 e. The Bertz CT molecular complexity index is 287. The fraction of sp³-hybridized carbons (Fsp3) is 1.00. The monoisotopic (exact) mass is 264 g/mol. The van der Waals surface area contributed by atoms with Gasteiger partial charge in [-0.15, -0.1) is 0 Å². The number of phosphoric ester groups is 1. The van der Waals surface area contributed by atoms with Crippen LogP contribution in [0.2, 0.25) is 0 Å². The summed E-state index contributed by atoms with van der Waals surface area (Å²) >= 11 is 0. The van der Waals surface area contributed by atoms with Crippen LogP contribution in [-0.2, 0) is 23.1 Å². The van der Waals surface area contributed by atoms with Crippen molar-refractivity contribution in [2.24, 2.45) is 0 Å². The van der Waals surface area contributed by atoms with Gasteiger partial charge in [-0.05, 0) is 20.3 Å². The van der Waals surface area contributed by atoms with Gasteiger partial charge in [-0.3, -0.25) is 9.05 Å². The van der Waals surface area contributed by atoms with Crippen molar-refractivity contribution < 1.29 is 28.0 Å². The van der Waals surface area contributed by atoms with Crippen molar-refractivity contribution in [1.82, 2.24) is 0 Å². The summed E-state index contributed by atoms with van der Waals surface area (Å²) in [5.41, 5.74) is 0. The van der Waals surface area contributed by atoms with Crippen LogP contribution in [0.25, 0.3) is 0 Å². The first-order valence-electron chi connectivity index (χ1n) is 5.43. The van der Waals surface area contributed by atoms with E-state index in [0.717, 1.165) is 7.11 Å². The van der Waals surface area contributed by atoms with Crippen LogP contribution in [0.15, 0.2) is 0 Å². The van der Waals surface area contributed by atoms with E-state index in [4.69, 9.17) is 26.7 Å². The maximum atomic E-state index is 11.1. The quantitative estimate of drug-likeness (QED) is 0.565. The first kappa shape index (κ1) is 15.2. The van der Waals surface area contributed by atoms with Gasteiger partial charge in [-0.1, -0.05) is 0 Å². The number of hydrogen-bond donors (Lipinski definition) is 1. The molecule has 2 unspecified atom stereocenters. The van der Waals surface area contributed by atoms with Crippen molar-refractivity contribution in [2.75, 3.05) is 13.7 Å². The Morgan fingerprint density at radius 2 is 2.24 bits per heavy atom. The highest BCUT2D eigenvalue weighted by atomic mass is 31.2. The van der Waals surface area contributed by atoms with Gasteiger partial charge in [0.25, 0.3) is 0 Å². The summed E-state index contributed by atoms with van der Waals surface area (Å²) in [6, 6.07) is -0.437. The molecule has 4 atom stereocenters. The summed E-state index contributed by atoms with van der Waals surface area (Å²) in [7, 11) is 2.76. The summed E-state index contributed by atoms with van der Waals surface area (Å²) in [4.78, 5) is 9.10. The smallest absolute Gasteiger partial charge is 0.380 e. The molecule has 0 bridgehead atoms. The largest absolute Gasteiger partial charge is 0.472 e. The van der Waals surface area contributed by atoms with Crippen molar-refractivity contribution in [3.8, 4) is 0 Å². The van der Waals surface area contributed by atoms with E-state index in [2.05, 4.69) is 4.52 Å². The highest BCUT2D eigenvalue weighted by Gasteiger charge is 2.36. The minimum absolute atomic E-state index is 0.0276. The van der Waals surface area contributed by atoms with E-state index in [1.54, 1.807) is 0 Å². The number of hydrogen-bond acceptors (Lipinski definition) is 5. The molecule has 1 saturated heterocycles. The number of rotatable bonds is 6. The zero-order chi connectivity index (χ0) is 13.1. The van der Waals surface area contributed by atoms with Gasteiger partial charge in [0, 0.05) is 13.1 Å². The third-order valence-corrected chi connectivity index (χ3v) is 3.25. The Morgan fingerprint density at radius 3 is 2.76 bits per heavy atom. The van der Waals surface area contributed by atoms with E-state index in [1.807, 2.05) is 13.8 Å². The van der Waals surface area contributed by atoms with Crippen molar-refractivity contribution in [1.29, 1.82) is 0 Å². The molecule has 1 fully saturated rings. The molecule has 6 nitrogen and oxygen atoms in total. The molecule has 0 amide bonds. The Hall–Kier alpha value is 0.0949. The summed E-state index contributed by atoms with van der Waals surface area (Å²) in [6.07, 6.45) is -0.126. The molecular formula is C9H18BO6P. The maximum absolute atomic E-state index is 11.1. The van der Waals surface area contributed by atoms with Crippen LogP contribution < -0.4 is 0 Å². The predicted molar refractivity (Wildman–Crippen MR) is 61.8 cm³/mol. The van der Waals surface area contributed by atoms with Crippen LogP contribution in [-0.4, -0.2) is 50.8 Å². The van der Waals surface area contributed by atoms with Gasteiger partial charge in [-0.2, -0.15) is 0 Å². The second kappa shape index (κ2) is 6.32. The van der Waals surface area contributed by atoms with Gasteiger partial charge in [0.2, 0.25) is 0 Å². The van der Waals surface area contributed by atoms with Crippen molar-refractivity contribution in [3.63, 3.8) is 0 Å². The van der Waals surface area contributed by atoms with E-state index in [0.29, 0.717) is 6.42 Å². The second-order valence-electron chi connectivity index (χ2n) is 4.12. The van der Waals surface area contributed by atoms with Crippen LogP contribution in [0, 0.1) is 0 Å². The molecule has 17 heavy (non-hydrogen) atoms. The molecule has 1 rings (SSSR count). The third kappa shape index (κ3) is 5.08. The lowest BCUT2D eigenvalue weighted by Gasteiger charge is -2.21. The lowest BCUT2D eigenvalue weighted by molar-refractivity contribution is -0.0577. The van der Waals surface area contributed by atoms with Gasteiger partial charge in [-0.25, -0.2) is 4.57 Å². The Balaban J connectivity index is 2.47. The fourth-order valence-corrected chi connectivity index (χ4v) is 2.05. The molecule has 1 N–H and O–H groups in total. The molecule has 0 aliphatic carbocycles. The van der Waals surface area contributed by atoms with Crippen LogP contribution in [0.4, 0.5) is 0 Å². The van der Waals surface area contributed by atoms with Gasteiger partial charge in [0.1, 0.15) is 14.0 Å².